The molecule has 1 unspecified atom stereocenters. The number of carboxylic acid groups (broad SMARTS) is 1. The third-order valence-electron chi connectivity index (χ3n) is 3.53. The highest BCUT2D eigenvalue weighted by Crippen LogP contribution is 2.19. The highest BCUT2D eigenvalue weighted by molar-refractivity contribution is 6.33. The molecule has 1 atom stereocenters. The maximum Gasteiger partial charge on any atom is 0.337 e. The highest BCUT2D eigenvalue weighted by Gasteiger charge is 2.19. The molecule has 0 radical (unpaired) electrons. The van der Waals surface area contributed by atoms with Crippen molar-refractivity contribution in [2.24, 2.45) is 0 Å². The van der Waals surface area contributed by atoms with Crippen LogP contribution in [-0.2, 0) is 0 Å². The normalized spacial score (nSPS) is 20.2. The standard InChI is InChI=1S/C13H18ClN3O2/c1-17-5-3-2-4-9(17)7-15-12-6-10(13(18)19)11(14)8-16-12/h6,8-9H,2-5,7H2,1H3,(H,15,16)(H,18,19). The molecule has 1 fully saturated rings. The molecule has 0 spiro atoms. The van der Waals surface area contributed by atoms with Crippen LogP contribution in [0.2, 0.25) is 5.02 Å². The van der Waals surface area contributed by atoms with Crippen LogP contribution in [0.1, 0.15) is 29.6 Å². The number of pyridine rings is 1. The Morgan fingerprint density at radius 1 is 1.63 bits per heavy atom. The lowest BCUT2D eigenvalue weighted by atomic mass is 10.0. The summed E-state index contributed by atoms with van der Waals surface area (Å²) in [7, 11) is 2.11. The number of nitrogens with zero attached hydrogens (tertiary/aromatic N) is 2. The van der Waals surface area contributed by atoms with Crippen molar-refractivity contribution in [3.8, 4) is 0 Å². The van der Waals surface area contributed by atoms with Crippen LogP contribution in [0, 0.1) is 0 Å². The molecule has 0 aromatic carbocycles. The molecular weight excluding hydrogens is 266 g/mol. The van der Waals surface area contributed by atoms with Crippen molar-refractivity contribution >= 4 is 23.4 Å². The SMILES string of the molecule is CN1CCCCC1CNc1cc(C(=O)O)c(Cl)cn1. The van der Waals surface area contributed by atoms with Gasteiger partial charge >= 0.3 is 5.97 Å². The number of piperidine rings is 1. The van der Waals surface area contributed by atoms with Gasteiger partial charge in [-0.2, -0.15) is 0 Å². The second kappa shape index (κ2) is 6.21. The summed E-state index contributed by atoms with van der Waals surface area (Å²) in [5.74, 6) is -0.481. The number of hydrogen-bond acceptors (Lipinski definition) is 4. The molecule has 0 bridgehead atoms. The van der Waals surface area contributed by atoms with Crippen molar-refractivity contribution in [2.75, 3.05) is 25.5 Å². The maximum absolute atomic E-state index is 11.0. The van der Waals surface area contributed by atoms with Gasteiger partial charge in [0, 0.05) is 18.8 Å². The predicted octanol–water partition coefficient (Wildman–Crippen LogP) is 2.33. The number of anilines is 1. The van der Waals surface area contributed by atoms with E-state index in [1.165, 1.54) is 25.1 Å². The number of aromatic nitrogens is 1. The molecule has 6 heteroatoms. The van der Waals surface area contributed by atoms with Crippen molar-refractivity contribution in [3.63, 3.8) is 0 Å². The van der Waals surface area contributed by atoms with E-state index in [0.717, 1.165) is 19.5 Å². The van der Waals surface area contributed by atoms with Crippen molar-refractivity contribution in [1.29, 1.82) is 0 Å². The minimum Gasteiger partial charge on any atom is -0.478 e. The molecule has 0 amide bonds. The molecule has 5 nitrogen and oxygen atoms in total. The number of aromatic carboxylic acids is 1. The van der Waals surface area contributed by atoms with Gasteiger partial charge in [-0.15, -0.1) is 0 Å². The second-order valence-corrected chi connectivity index (χ2v) is 5.27. The molecule has 1 saturated heterocycles. The average molecular weight is 284 g/mol. The monoisotopic (exact) mass is 283 g/mol. The van der Waals surface area contributed by atoms with E-state index in [-0.39, 0.29) is 10.6 Å². The van der Waals surface area contributed by atoms with Gasteiger partial charge in [0.2, 0.25) is 0 Å². The smallest absolute Gasteiger partial charge is 0.337 e. The molecule has 1 aromatic heterocycles. The fourth-order valence-corrected chi connectivity index (χ4v) is 2.51. The van der Waals surface area contributed by atoms with Gasteiger partial charge in [-0.25, -0.2) is 9.78 Å². The van der Waals surface area contributed by atoms with Gasteiger partial charge in [0.25, 0.3) is 0 Å². The Labute approximate surface area is 117 Å². The molecule has 19 heavy (non-hydrogen) atoms. The molecule has 2 N–H and O–H groups in total. The zero-order valence-electron chi connectivity index (χ0n) is 10.9. The Balaban J connectivity index is 1.99. The van der Waals surface area contributed by atoms with E-state index in [9.17, 15) is 4.79 Å². The Hall–Kier alpha value is -1.33. The first-order valence-corrected chi connectivity index (χ1v) is 6.78. The van der Waals surface area contributed by atoms with Crippen molar-refractivity contribution < 1.29 is 9.90 Å². The number of rotatable bonds is 4. The quantitative estimate of drug-likeness (QED) is 0.888. The maximum atomic E-state index is 11.0. The van der Waals surface area contributed by atoms with Crippen LogP contribution < -0.4 is 5.32 Å². The minimum absolute atomic E-state index is 0.0798. The molecule has 1 aromatic rings. The Morgan fingerprint density at radius 2 is 2.42 bits per heavy atom. The van der Waals surface area contributed by atoms with Crippen molar-refractivity contribution in [2.45, 2.75) is 25.3 Å². The lowest BCUT2D eigenvalue weighted by Crippen LogP contribution is -2.40. The number of likely N-dealkylation sites (tertiary alicyclic amines) is 1. The third kappa shape index (κ3) is 3.58. The van der Waals surface area contributed by atoms with Crippen molar-refractivity contribution in [3.05, 3.63) is 22.8 Å². The summed E-state index contributed by atoms with van der Waals surface area (Å²) in [5, 5.41) is 12.4. The van der Waals surface area contributed by atoms with Gasteiger partial charge in [0.1, 0.15) is 5.82 Å². The summed E-state index contributed by atoms with van der Waals surface area (Å²) in [6, 6.07) is 1.95. The summed E-state index contributed by atoms with van der Waals surface area (Å²) in [5.41, 5.74) is 0.0798. The number of halogens is 1. The van der Waals surface area contributed by atoms with E-state index in [1.54, 1.807) is 0 Å². The lowest BCUT2D eigenvalue weighted by molar-refractivity contribution is 0.0697. The Bertz CT molecular complexity index is 467. The molecule has 1 aliphatic rings. The van der Waals surface area contributed by atoms with Crippen LogP contribution in [0.5, 0.6) is 0 Å². The number of carbonyl (C=O) groups is 1. The van der Waals surface area contributed by atoms with E-state index >= 15 is 0 Å². The fraction of sp³-hybridized carbons (Fsp3) is 0.538. The summed E-state index contributed by atoms with van der Waals surface area (Å²) < 4.78 is 0. The van der Waals surface area contributed by atoms with E-state index in [0.29, 0.717) is 11.9 Å². The summed E-state index contributed by atoms with van der Waals surface area (Å²) >= 11 is 5.78. The predicted molar refractivity (Wildman–Crippen MR) is 75.0 cm³/mol. The highest BCUT2D eigenvalue weighted by atomic mass is 35.5. The van der Waals surface area contributed by atoms with E-state index < -0.39 is 5.97 Å². The molecule has 104 valence electrons. The fourth-order valence-electron chi connectivity index (χ4n) is 2.32. The zero-order valence-corrected chi connectivity index (χ0v) is 11.7. The van der Waals surface area contributed by atoms with Crippen LogP contribution in [0.4, 0.5) is 5.82 Å². The van der Waals surface area contributed by atoms with Gasteiger partial charge in [-0.3, -0.25) is 0 Å². The minimum atomic E-state index is -1.04. The zero-order chi connectivity index (χ0) is 13.8. The van der Waals surface area contributed by atoms with Crippen LogP contribution in [-0.4, -0.2) is 47.1 Å². The summed E-state index contributed by atoms with van der Waals surface area (Å²) in [6.07, 6.45) is 5.02. The largest absolute Gasteiger partial charge is 0.478 e. The van der Waals surface area contributed by atoms with Gasteiger partial charge in [0.05, 0.1) is 10.6 Å². The first-order chi connectivity index (χ1) is 9.08. The second-order valence-electron chi connectivity index (χ2n) is 4.87. The first-order valence-electron chi connectivity index (χ1n) is 6.41. The number of nitrogens with one attached hydrogen (secondary N) is 1. The van der Waals surface area contributed by atoms with E-state index in [1.807, 2.05) is 0 Å². The van der Waals surface area contributed by atoms with Gasteiger partial charge in [0.15, 0.2) is 0 Å². The molecule has 0 saturated carbocycles. The molecule has 2 heterocycles. The first kappa shape index (κ1) is 14.1. The van der Waals surface area contributed by atoms with Gasteiger partial charge in [-0.05, 0) is 32.5 Å². The van der Waals surface area contributed by atoms with Crippen molar-refractivity contribution in [1.82, 2.24) is 9.88 Å². The molecule has 2 rings (SSSR count). The number of hydrogen-bond donors (Lipinski definition) is 2. The van der Waals surface area contributed by atoms with E-state index in [4.69, 9.17) is 16.7 Å². The van der Waals surface area contributed by atoms with E-state index in [2.05, 4.69) is 22.2 Å². The summed E-state index contributed by atoms with van der Waals surface area (Å²) in [6.45, 7) is 1.88. The number of likely N-dealkylation sites (N-methyl/N-ethyl adjacent to an activating group) is 1. The lowest BCUT2D eigenvalue weighted by Gasteiger charge is -2.32. The molecular formula is C13H18ClN3O2. The van der Waals surface area contributed by atoms with Crippen LogP contribution in [0.15, 0.2) is 12.3 Å². The number of carboxylic acids is 1. The van der Waals surface area contributed by atoms with Crippen LogP contribution >= 0.6 is 11.6 Å². The van der Waals surface area contributed by atoms with Crippen LogP contribution in [0.3, 0.4) is 0 Å². The van der Waals surface area contributed by atoms with Gasteiger partial charge < -0.3 is 15.3 Å². The topological polar surface area (TPSA) is 65.5 Å². The third-order valence-corrected chi connectivity index (χ3v) is 3.83. The Morgan fingerprint density at radius 3 is 3.11 bits per heavy atom. The average Bonchev–Trinajstić information content (AvgIpc) is 2.39. The van der Waals surface area contributed by atoms with Crippen LogP contribution in [0.25, 0.3) is 0 Å². The molecule has 0 aliphatic carbocycles. The van der Waals surface area contributed by atoms with Gasteiger partial charge in [-0.1, -0.05) is 18.0 Å². The summed E-state index contributed by atoms with van der Waals surface area (Å²) in [4.78, 5) is 17.4. The molecule has 1 aliphatic heterocycles. The Kier molecular flexibility index (Phi) is 4.61.